The van der Waals surface area contributed by atoms with E-state index in [1.807, 2.05) is 13.0 Å². The zero-order chi connectivity index (χ0) is 25.6. The van der Waals surface area contributed by atoms with Crippen molar-refractivity contribution in [3.63, 3.8) is 0 Å². The normalized spacial score (nSPS) is 37.9. The zero-order valence-electron chi connectivity index (χ0n) is 20.9. The van der Waals surface area contributed by atoms with Crippen molar-refractivity contribution in [1.82, 2.24) is 0 Å². The van der Waals surface area contributed by atoms with E-state index in [9.17, 15) is 24.0 Å². The molecule has 0 saturated heterocycles. The molecule has 0 aromatic heterocycles. The Hall–Kier alpha value is -2.51. The molecule has 0 heterocycles. The predicted octanol–water partition coefficient (Wildman–Crippen LogP) is 3.80. The van der Waals surface area contributed by atoms with Gasteiger partial charge in [-0.05, 0) is 74.2 Å². The smallest absolute Gasteiger partial charge is 0.306 e. The molecule has 4 aliphatic carbocycles. The van der Waals surface area contributed by atoms with Crippen LogP contribution in [0.3, 0.4) is 0 Å². The van der Waals surface area contributed by atoms with Crippen molar-refractivity contribution in [2.75, 3.05) is 6.61 Å². The van der Waals surface area contributed by atoms with Gasteiger partial charge in [-0.25, -0.2) is 0 Å². The van der Waals surface area contributed by atoms with Crippen LogP contribution in [0.25, 0.3) is 0 Å². The Balaban J connectivity index is 1.57. The quantitative estimate of drug-likeness (QED) is 0.537. The highest BCUT2D eigenvalue weighted by Gasteiger charge is 2.68. The van der Waals surface area contributed by atoms with Gasteiger partial charge in [0.2, 0.25) is 5.78 Å². The summed E-state index contributed by atoms with van der Waals surface area (Å²) in [5, 5.41) is 8.76. The standard InChI is InChI=1S/C27H36O8/c1-16(28)35-27(22(30)15-34-24(33)7-6-23(31)32)13-10-21-19-5-4-17-14-18(29)8-11-25(17,2)20(19)9-12-26(21,27)3/h14,19-21H,4-13,15H2,1-3H3,(H,31,32)/t19-,20+,21+,25+,26+,27+/m1/s1. The number of esters is 2. The molecule has 1 N–H and O–H groups in total. The van der Waals surface area contributed by atoms with Crippen LogP contribution in [-0.4, -0.2) is 46.8 Å². The molecular weight excluding hydrogens is 452 g/mol. The maximum absolute atomic E-state index is 13.6. The molecule has 3 saturated carbocycles. The van der Waals surface area contributed by atoms with Crippen LogP contribution in [0.4, 0.5) is 0 Å². The van der Waals surface area contributed by atoms with E-state index in [-0.39, 0.29) is 30.0 Å². The zero-order valence-corrected chi connectivity index (χ0v) is 20.9. The Morgan fingerprint density at radius 2 is 1.71 bits per heavy atom. The maximum Gasteiger partial charge on any atom is 0.306 e. The number of fused-ring (bicyclic) bond motifs is 5. The van der Waals surface area contributed by atoms with E-state index in [0.717, 1.165) is 32.1 Å². The van der Waals surface area contributed by atoms with Gasteiger partial charge in [0.1, 0.15) is 0 Å². The van der Waals surface area contributed by atoms with Gasteiger partial charge in [-0.1, -0.05) is 19.4 Å². The van der Waals surface area contributed by atoms with Gasteiger partial charge in [0.05, 0.1) is 12.8 Å². The number of carbonyl (C=O) groups excluding carboxylic acids is 4. The van der Waals surface area contributed by atoms with Crippen molar-refractivity contribution < 1.29 is 38.6 Å². The Kier molecular flexibility index (Phi) is 6.70. The third-order valence-corrected chi connectivity index (χ3v) is 9.76. The molecule has 0 amide bonds. The topological polar surface area (TPSA) is 124 Å². The summed E-state index contributed by atoms with van der Waals surface area (Å²) in [7, 11) is 0. The van der Waals surface area contributed by atoms with Crippen LogP contribution in [0.2, 0.25) is 0 Å². The molecule has 0 radical (unpaired) electrons. The molecule has 35 heavy (non-hydrogen) atoms. The summed E-state index contributed by atoms with van der Waals surface area (Å²) in [6, 6.07) is 0. The van der Waals surface area contributed by atoms with Gasteiger partial charge in [-0.15, -0.1) is 0 Å². The summed E-state index contributed by atoms with van der Waals surface area (Å²) in [6.07, 6.45) is 7.19. The van der Waals surface area contributed by atoms with E-state index in [1.54, 1.807) is 0 Å². The fraction of sp³-hybridized carbons (Fsp3) is 0.741. The monoisotopic (exact) mass is 488 g/mol. The lowest BCUT2D eigenvalue weighted by Gasteiger charge is -2.59. The summed E-state index contributed by atoms with van der Waals surface area (Å²) in [5.74, 6) is -1.64. The Morgan fingerprint density at radius 3 is 2.40 bits per heavy atom. The highest BCUT2D eigenvalue weighted by molar-refractivity contribution is 5.93. The molecule has 0 aliphatic heterocycles. The van der Waals surface area contributed by atoms with E-state index >= 15 is 0 Å². The minimum Gasteiger partial charge on any atom is -0.481 e. The number of aliphatic carboxylic acids is 1. The molecule has 4 aliphatic rings. The lowest BCUT2D eigenvalue weighted by atomic mass is 9.46. The van der Waals surface area contributed by atoms with Crippen LogP contribution >= 0.6 is 0 Å². The van der Waals surface area contributed by atoms with E-state index in [2.05, 4.69) is 6.92 Å². The number of carboxylic acid groups (broad SMARTS) is 1. The summed E-state index contributed by atoms with van der Waals surface area (Å²) >= 11 is 0. The first kappa shape index (κ1) is 25.6. The van der Waals surface area contributed by atoms with Crippen LogP contribution in [0, 0.1) is 28.6 Å². The molecule has 8 heteroatoms. The predicted molar refractivity (Wildman–Crippen MR) is 124 cm³/mol. The fourth-order valence-corrected chi connectivity index (χ4v) is 8.03. The lowest BCUT2D eigenvalue weighted by molar-refractivity contribution is -0.191. The Bertz CT molecular complexity index is 982. The third-order valence-electron chi connectivity index (χ3n) is 9.76. The fourth-order valence-electron chi connectivity index (χ4n) is 8.03. The molecule has 3 fully saturated rings. The number of hydrogen-bond acceptors (Lipinski definition) is 7. The van der Waals surface area contributed by atoms with Crippen molar-refractivity contribution >= 4 is 29.5 Å². The van der Waals surface area contributed by atoms with Crippen LogP contribution in [0.5, 0.6) is 0 Å². The Labute approximate surface area is 205 Å². The molecule has 0 spiro atoms. The van der Waals surface area contributed by atoms with Gasteiger partial charge in [-0.2, -0.15) is 0 Å². The first-order chi connectivity index (χ1) is 16.4. The maximum atomic E-state index is 13.6. The van der Waals surface area contributed by atoms with Gasteiger partial charge < -0.3 is 14.6 Å². The molecule has 0 aromatic carbocycles. The summed E-state index contributed by atoms with van der Waals surface area (Å²) in [4.78, 5) is 60.5. The van der Waals surface area contributed by atoms with Gasteiger partial charge in [-0.3, -0.25) is 24.0 Å². The van der Waals surface area contributed by atoms with Gasteiger partial charge in [0.15, 0.2) is 18.0 Å². The SMILES string of the molecule is CC(=O)O[C@]1(C(=O)COC(=O)CCC(=O)O)CC[C@H]2[C@@H]3CCC4=CC(=O)CC[C@]4(C)[C@H]3CC[C@@]21C. The number of ketones is 2. The number of hydrogen-bond donors (Lipinski definition) is 1. The number of allylic oxidation sites excluding steroid dienone is 1. The number of carbonyl (C=O) groups is 5. The minimum atomic E-state index is -1.36. The van der Waals surface area contributed by atoms with Crippen LogP contribution in [0.15, 0.2) is 11.6 Å². The molecule has 192 valence electrons. The van der Waals surface area contributed by atoms with Crippen molar-refractivity contribution in [3.8, 4) is 0 Å². The largest absolute Gasteiger partial charge is 0.481 e. The molecule has 8 nitrogen and oxygen atoms in total. The second kappa shape index (κ2) is 9.17. The molecule has 0 bridgehead atoms. The highest BCUT2D eigenvalue weighted by Crippen LogP contribution is 2.68. The van der Waals surface area contributed by atoms with Crippen LogP contribution < -0.4 is 0 Å². The molecule has 4 rings (SSSR count). The van der Waals surface area contributed by atoms with Crippen molar-refractivity contribution in [1.29, 1.82) is 0 Å². The number of rotatable bonds is 7. The van der Waals surface area contributed by atoms with Crippen molar-refractivity contribution in [2.45, 2.75) is 90.6 Å². The van der Waals surface area contributed by atoms with Gasteiger partial charge in [0.25, 0.3) is 0 Å². The van der Waals surface area contributed by atoms with Gasteiger partial charge >= 0.3 is 17.9 Å². The minimum absolute atomic E-state index is 0.00544. The lowest BCUT2D eigenvalue weighted by Crippen LogP contribution is -2.59. The highest BCUT2D eigenvalue weighted by atomic mass is 16.6. The van der Waals surface area contributed by atoms with Crippen molar-refractivity contribution in [2.24, 2.45) is 28.6 Å². The first-order valence-electron chi connectivity index (χ1n) is 12.8. The van der Waals surface area contributed by atoms with E-state index in [0.29, 0.717) is 31.1 Å². The van der Waals surface area contributed by atoms with Crippen LogP contribution in [0.1, 0.15) is 85.0 Å². The second-order valence-corrected chi connectivity index (χ2v) is 11.4. The van der Waals surface area contributed by atoms with Crippen molar-refractivity contribution in [3.05, 3.63) is 11.6 Å². The number of Topliss-reactive ketones (excluding diaryl/α,β-unsaturated/α-hetero) is 1. The average molecular weight is 489 g/mol. The number of ether oxygens (including phenoxy) is 2. The summed E-state index contributed by atoms with van der Waals surface area (Å²) < 4.78 is 11.0. The summed E-state index contributed by atoms with van der Waals surface area (Å²) in [5.41, 5.74) is -0.672. The first-order valence-corrected chi connectivity index (χ1v) is 12.8. The Morgan fingerprint density at radius 1 is 1.00 bits per heavy atom. The van der Waals surface area contributed by atoms with Crippen LogP contribution in [-0.2, 0) is 33.4 Å². The average Bonchev–Trinajstić information content (AvgIpc) is 3.09. The molecule has 0 unspecified atom stereocenters. The molecular formula is C27H36O8. The second-order valence-electron chi connectivity index (χ2n) is 11.4. The van der Waals surface area contributed by atoms with E-state index < -0.39 is 41.3 Å². The molecule has 6 atom stereocenters. The van der Waals surface area contributed by atoms with E-state index in [1.165, 1.54) is 12.5 Å². The number of carboxylic acids is 1. The summed E-state index contributed by atoms with van der Waals surface area (Å²) in [6.45, 7) is 5.11. The third kappa shape index (κ3) is 4.23. The molecule has 0 aromatic rings. The van der Waals surface area contributed by atoms with E-state index in [4.69, 9.17) is 14.6 Å². The van der Waals surface area contributed by atoms with Gasteiger partial charge in [0, 0.05) is 18.8 Å².